The smallest absolute Gasteiger partial charge is 0.410 e. The molecule has 1 amide bonds. The summed E-state index contributed by atoms with van der Waals surface area (Å²) in [6, 6.07) is 7.53. The first-order valence-corrected chi connectivity index (χ1v) is 9.70. The van der Waals surface area contributed by atoms with Crippen LogP contribution in [0.5, 0.6) is 17.5 Å². The Labute approximate surface area is 171 Å². The third-order valence-corrected chi connectivity index (χ3v) is 4.59. The van der Waals surface area contributed by atoms with E-state index >= 15 is 0 Å². The molecule has 1 aliphatic rings. The van der Waals surface area contributed by atoms with Crippen molar-refractivity contribution < 1.29 is 19.0 Å². The first-order chi connectivity index (χ1) is 13.8. The molecular formula is C21H28N4O4. The molecule has 2 N–H and O–H groups in total. The Kier molecular flexibility index (Phi) is 6.10. The van der Waals surface area contributed by atoms with Crippen molar-refractivity contribution in [2.75, 3.05) is 19.4 Å². The highest BCUT2D eigenvalue weighted by molar-refractivity contribution is 5.69. The second-order valence-electron chi connectivity index (χ2n) is 7.96. The van der Waals surface area contributed by atoms with Crippen LogP contribution < -0.4 is 15.2 Å². The summed E-state index contributed by atoms with van der Waals surface area (Å²) >= 11 is 0. The Bertz CT molecular complexity index is 866. The molecule has 0 aliphatic carbocycles. The van der Waals surface area contributed by atoms with Crippen molar-refractivity contribution in [2.45, 2.75) is 51.7 Å². The number of rotatable bonds is 4. The number of benzene rings is 1. The van der Waals surface area contributed by atoms with Gasteiger partial charge in [-0.1, -0.05) is 12.1 Å². The van der Waals surface area contributed by atoms with Crippen molar-refractivity contribution >= 4 is 11.8 Å². The SMILES string of the molecule is COc1ncnc(Oc2cccc(C3CCCCN3C(=O)OC(C)(C)C)c2)c1N. The van der Waals surface area contributed by atoms with E-state index in [0.29, 0.717) is 12.3 Å². The number of anilines is 1. The number of nitrogen functional groups attached to an aromatic ring is 1. The molecule has 1 unspecified atom stereocenters. The first-order valence-electron chi connectivity index (χ1n) is 9.70. The number of nitrogens with two attached hydrogens (primary N) is 1. The Balaban J connectivity index is 1.83. The van der Waals surface area contributed by atoms with Crippen LogP contribution in [0.2, 0.25) is 0 Å². The number of amides is 1. The minimum Gasteiger partial charge on any atom is -0.479 e. The topological polar surface area (TPSA) is 99.8 Å². The van der Waals surface area contributed by atoms with Gasteiger partial charge >= 0.3 is 6.09 Å². The number of methoxy groups -OCH3 is 1. The van der Waals surface area contributed by atoms with E-state index < -0.39 is 5.60 Å². The molecular weight excluding hydrogens is 372 g/mol. The molecule has 1 aliphatic heterocycles. The van der Waals surface area contributed by atoms with Gasteiger partial charge in [0.1, 0.15) is 17.7 Å². The van der Waals surface area contributed by atoms with Gasteiger partial charge in [0.2, 0.25) is 11.8 Å². The van der Waals surface area contributed by atoms with Crippen molar-refractivity contribution in [1.29, 1.82) is 0 Å². The molecule has 0 radical (unpaired) electrons. The molecule has 8 nitrogen and oxygen atoms in total. The molecule has 1 atom stereocenters. The minimum absolute atomic E-state index is 0.0700. The maximum Gasteiger partial charge on any atom is 0.410 e. The molecule has 3 rings (SSSR count). The van der Waals surface area contributed by atoms with Crippen LogP contribution in [0, 0.1) is 0 Å². The lowest BCUT2D eigenvalue weighted by molar-refractivity contribution is 0.00949. The zero-order valence-corrected chi connectivity index (χ0v) is 17.3. The molecule has 2 aromatic rings. The molecule has 1 aromatic heterocycles. The van der Waals surface area contributed by atoms with Gasteiger partial charge in [0.15, 0.2) is 5.69 Å². The van der Waals surface area contributed by atoms with Crippen LogP contribution in [0.15, 0.2) is 30.6 Å². The number of hydrogen-bond donors (Lipinski definition) is 1. The summed E-state index contributed by atoms with van der Waals surface area (Å²) in [6.45, 7) is 6.29. The minimum atomic E-state index is -0.534. The molecule has 1 aromatic carbocycles. The fraction of sp³-hybridized carbons (Fsp3) is 0.476. The second kappa shape index (κ2) is 8.55. The van der Waals surface area contributed by atoms with E-state index in [-0.39, 0.29) is 29.6 Å². The number of piperidine rings is 1. The van der Waals surface area contributed by atoms with E-state index in [4.69, 9.17) is 19.9 Å². The van der Waals surface area contributed by atoms with Crippen molar-refractivity contribution in [3.63, 3.8) is 0 Å². The van der Waals surface area contributed by atoms with Crippen LogP contribution in [0.25, 0.3) is 0 Å². The predicted octanol–water partition coefficient (Wildman–Crippen LogP) is 4.32. The lowest BCUT2D eigenvalue weighted by Crippen LogP contribution is -2.41. The summed E-state index contributed by atoms with van der Waals surface area (Å²) in [5.74, 6) is 1.06. The van der Waals surface area contributed by atoms with Crippen LogP contribution in [-0.2, 0) is 4.74 Å². The number of nitrogens with zero attached hydrogens (tertiary/aromatic N) is 3. The van der Waals surface area contributed by atoms with Gasteiger partial charge in [-0.3, -0.25) is 0 Å². The fourth-order valence-corrected chi connectivity index (χ4v) is 3.32. The lowest BCUT2D eigenvalue weighted by Gasteiger charge is -2.37. The largest absolute Gasteiger partial charge is 0.479 e. The van der Waals surface area contributed by atoms with Crippen LogP contribution >= 0.6 is 0 Å². The first kappa shape index (κ1) is 20.7. The molecule has 8 heteroatoms. The Morgan fingerprint density at radius 1 is 1.21 bits per heavy atom. The molecule has 0 bridgehead atoms. The number of aromatic nitrogens is 2. The molecule has 156 valence electrons. The predicted molar refractivity (Wildman–Crippen MR) is 109 cm³/mol. The molecule has 29 heavy (non-hydrogen) atoms. The maximum absolute atomic E-state index is 12.7. The summed E-state index contributed by atoms with van der Waals surface area (Å²) in [7, 11) is 1.48. The Morgan fingerprint density at radius 2 is 1.97 bits per heavy atom. The summed E-state index contributed by atoms with van der Waals surface area (Å²) < 4.78 is 16.6. The van der Waals surface area contributed by atoms with Crippen molar-refractivity contribution in [3.8, 4) is 17.5 Å². The maximum atomic E-state index is 12.7. The monoisotopic (exact) mass is 400 g/mol. The van der Waals surface area contributed by atoms with Crippen LogP contribution in [0.1, 0.15) is 51.6 Å². The van der Waals surface area contributed by atoms with Crippen LogP contribution in [0.3, 0.4) is 0 Å². The van der Waals surface area contributed by atoms with E-state index in [1.807, 2.05) is 45.0 Å². The van der Waals surface area contributed by atoms with E-state index in [2.05, 4.69) is 9.97 Å². The van der Waals surface area contributed by atoms with Crippen molar-refractivity contribution in [1.82, 2.24) is 14.9 Å². The summed E-state index contributed by atoms with van der Waals surface area (Å²) in [6.07, 6.45) is 3.92. The highest BCUT2D eigenvalue weighted by Crippen LogP contribution is 2.35. The molecule has 0 spiro atoms. The second-order valence-corrected chi connectivity index (χ2v) is 7.96. The van der Waals surface area contributed by atoms with Gasteiger partial charge in [0.25, 0.3) is 0 Å². The normalized spacial score (nSPS) is 17.0. The summed E-state index contributed by atoms with van der Waals surface area (Å²) in [5.41, 5.74) is 6.67. The fourth-order valence-electron chi connectivity index (χ4n) is 3.32. The third kappa shape index (κ3) is 5.07. The molecule has 1 saturated heterocycles. The average molecular weight is 400 g/mol. The van der Waals surface area contributed by atoms with Gasteiger partial charge < -0.3 is 24.8 Å². The van der Waals surface area contributed by atoms with Gasteiger partial charge in [0.05, 0.1) is 13.2 Å². The Hall–Kier alpha value is -3.03. The van der Waals surface area contributed by atoms with Gasteiger partial charge in [-0.2, -0.15) is 9.97 Å². The molecule has 1 fully saturated rings. The van der Waals surface area contributed by atoms with Crippen LogP contribution in [0.4, 0.5) is 10.5 Å². The zero-order chi connectivity index (χ0) is 21.0. The van der Waals surface area contributed by atoms with Gasteiger partial charge in [-0.05, 0) is 57.7 Å². The van der Waals surface area contributed by atoms with E-state index in [1.54, 1.807) is 4.90 Å². The number of carbonyl (C=O) groups is 1. The lowest BCUT2D eigenvalue weighted by atomic mass is 9.95. The van der Waals surface area contributed by atoms with E-state index in [0.717, 1.165) is 24.8 Å². The van der Waals surface area contributed by atoms with Gasteiger partial charge in [-0.15, -0.1) is 0 Å². The van der Waals surface area contributed by atoms with Crippen LogP contribution in [-0.4, -0.2) is 40.2 Å². The Morgan fingerprint density at radius 3 is 2.69 bits per heavy atom. The standard InChI is InChI=1S/C21H28N4O4/c1-21(2,3)29-20(26)25-11-6-5-10-16(25)14-8-7-9-15(12-14)28-19-17(22)18(27-4)23-13-24-19/h7-9,12-13,16H,5-6,10-11,22H2,1-4H3. The number of carbonyl (C=O) groups excluding carboxylic acids is 1. The van der Waals surface area contributed by atoms with E-state index in [1.165, 1.54) is 13.4 Å². The zero-order valence-electron chi connectivity index (χ0n) is 17.3. The highest BCUT2D eigenvalue weighted by atomic mass is 16.6. The molecule has 0 saturated carbocycles. The summed E-state index contributed by atoms with van der Waals surface area (Å²) in [4.78, 5) is 22.6. The summed E-state index contributed by atoms with van der Waals surface area (Å²) in [5, 5.41) is 0. The van der Waals surface area contributed by atoms with Gasteiger partial charge in [-0.25, -0.2) is 4.79 Å². The number of hydrogen-bond acceptors (Lipinski definition) is 7. The average Bonchev–Trinajstić information content (AvgIpc) is 2.68. The number of ether oxygens (including phenoxy) is 3. The van der Waals surface area contributed by atoms with Crippen molar-refractivity contribution in [3.05, 3.63) is 36.2 Å². The molecule has 2 heterocycles. The third-order valence-electron chi connectivity index (χ3n) is 4.59. The van der Waals surface area contributed by atoms with Crippen molar-refractivity contribution in [2.24, 2.45) is 0 Å². The number of likely N-dealkylation sites (tertiary alicyclic amines) is 1. The quantitative estimate of drug-likeness (QED) is 0.815. The van der Waals surface area contributed by atoms with Gasteiger partial charge in [0, 0.05) is 6.54 Å². The highest BCUT2D eigenvalue weighted by Gasteiger charge is 2.31. The van der Waals surface area contributed by atoms with E-state index in [9.17, 15) is 4.79 Å².